The summed E-state index contributed by atoms with van der Waals surface area (Å²) >= 11 is 0. The van der Waals surface area contributed by atoms with E-state index in [0.29, 0.717) is 12.5 Å². The van der Waals surface area contributed by atoms with Crippen molar-refractivity contribution in [1.29, 1.82) is 0 Å². The lowest BCUT2D eigenvalue weighted by Crippen LogP contribution is -2.33. The van der Waals surface area contributed by atoms with Crippen molar-refractivity contribution in [1.82, 2.24) is 5.32 Å². The van der Waals surface area contributed by atoms with E-state index in [-0.39, 0.29) is 16.9 Å². The SMILES string of the molecule is C=CC(C)(CCS(=O)(=O)CC)CNC1CC1. The first-order valence-corrected chi connectivity index (χ1v) is 7.80. The molecule has 0 spiro atoms. The molecule has 1 unspecified atom stereocenters. The predicted molar refractivity (Wildman–Crippen MR) is 68.3 cm³/mol. The lowest BCUT2D eigenvalue weighted by molar-refractivity contribution is 0.379. The van der Waals surface area contributed by atoms with E-state index in [1.165, 1.54) is 12.8 Å². The van der Waals surface area contributed by atoms with E-state index < -0.39 is 9.84 Å². The Labute approximate surface area is 99.2 Å². The second-order valence-electron chi connectivity index (χ2n) is 5.00. The molecular weight excluding hydrogens is 222 g/mol. The third-order valence-electron chi connectivity index (χ3n) is 3.29. The first-order chi connectivity index (χ1) is 7.41. The summed E-state index contributed by atoms with van der Waals surface area (Å²) in [6.45, 7) is 8.42. The van der Waals surface area contributed by atoms with Crippen molar-refractivity contribution in [3.8, 4) is 0 Å². The van der Waals surface area contributed by atoms with Crippen LogP contribution in [0.3, 0.4) is 0 Å². The molecule has 0 aromatic heterocycles. The molecule has 1 aliphatic carbocycles. The third kappa shape index (κ3) is 4.66. The molecule has 4 heteroatoms. The van der Waals surface area contributed by atoms with Gasteiger partial charge in [-0.05, 0) is 24.7 Å². The molecule has 94 valence electrons. The molecule has 0 amide bonds. The fraction of sp³-hybridized carbons (Fsp3) is 0.833. The topological polar surface area (TPSA) is 46.2 Å². The van der Waals surface area contributed by atoms with Crippen molar-refractivity contribution in [2.45, 2.75) is 39.2 Å². The summed E-state index contributed by atoms with van der Waals surface area (Å²) in [5, 5.41) is 3.44. The average molecular weight is 245 g/mol. The molecule has 1 saturated carbocycles. The maximum Gasteiger partial charge on any atom is 0.150 e. The summed E-state index contributed by atoms with van der Waals surface area (Å²) in [6.07, 6.45) is 5.04. The molecule has 0 aliphatic heterocycles. The smallest absolute Gasteiger partial charge is 0.150 e. The highest BCUT2D eigenvalue weighted by atomic mass is 32.2. The predicted octanol–water partition coefficient (Wildman–Crippen LogP) is 1.76. The van der Waals surface area contributed by atoms with Gasteiger partial charge in [0.25, 0.3) is 0 Å². The minimum Gasteiger partial charge on any atom is -0.313 e. The number of rotatable bonds is 8. The molecule has 1 atom stereocenters. The molecule has 1 aliphatic rings. The zero-order valence-corrected chi connectivity index (χ0v) is 11.1. The van der Waals surface area contributed by atoms with Crippen molar-refractivity contribution in [2.24, 2.45) is 5.41 Å². The van der Waals surface area contributed by atoms with Gasteiger partial charge in [0.05, 0.1) is 5.75 Å². The number of hydrogen-bond acceptors (Lipinski definition) is 3. The van der Waals surface area contributed by atoms with E-state index in [1.807, 2.05) is 6.08 Å². The zero-order chi connectivity index (χ0) is 12.2. The summed E-state index contributed by atoms with van der Waals surface area (Å²) in [7, 11) is -2.86. The molecule has 3 nitrogen and oxygen atoms in total. The average Bonchev–Trinajstić information content (AvgIpc) is 3.08. The number of hydrogen-bond donors (Lipinski definition) is 1. The summed E-state index contributed by atoms with van der Waals surface area (Å²) in [5.41, 5.74) is -0.106. The highest BCUT2D eigenvalue weighted by Gasteiger charge is 2.27. The van der Waals surface area contributed by atoms with Crippen molar-refractivity contribution < 1.29 is 8.42 Å². The molecule has 1 rings (SSSR count). The monoisotopic (exact) mass is 245 g/mol. The van der Waals surface area contributed by atoms with Gasteiger partial charge >= 0.3 is 0 Å². The largest absolute Gasteiger partial charge is 0.313 e. The molecule has 0 saturated heterocycles. The highest BCUT2D eigenvalue weighted by Crippen LogP contribution is 2.26. The van der Waals surface area contributed by atoms with Crippen LogP contribution in [-0.2, 0) is 9.84 Å². The Morgan fingerprint density at radius 2 is 2.12 bits per heavy atom. The zero-order valence-electron chi connectivity index (χ0n) is 10.3. The fourth-order valence-corrected chi connectivity index (χ4v) is 2.53. The standard InChI is InChI=1S/C12H23NO2S/c1-4-12(3,10-13-11-6-7-11)8-9-16(14,15)5-2/h4,11,13H,1,5-10H2,2-3H3. The minimum absolute atomic E-state index is 0.106. The van der Waals surface area contributed by atoms with Gasteiger partial charge in [0.15, 0.2) is 0 Å². The van der Waals surface area contributed by atoms with Gasteiger partial charge in [0, 0.05) is 18.3 Å². The van der Waals surface area contributed by atoms with Gasteiger partial charge in [0.1, 0.15) is 9.84 Å². The van der Waals surface area contributed by atoms with Crippen molar-refractivity contribution in [3.63, 3.8) is 0 Å². The van der Waals surface area contributed by atoms with E-state index >= 15 is 0 Å². The Bertz CT molecular complexity index is 333. The van der Waals surface area contributed by atoms with E-state index in [9.17, 15) is 8.42 Å². The Hall–Kier alpha value is -0.350. The molecule has 16 heavy (non-hydrogen) atoms. The van der Waals surface area contributed by atoms with Crippen LogP contribution in [0.25, 0.3) is 0 Å². The lowest BCUT2D eigenvalue weighted by Gasteiger charge is -2.26. The van der Waals surface area contributed by atoms with Crippen LogP contribution in [0.5, 0.6) is 0 Å². The summed E-state index contributed by atoms with van der Waals surface area (Å²) < 4.78 is 22.9. The lowest BCUT2D eigenvalue weighted by atomic mass is 9.88. The van der Waals surface area contributed by atoms with Gasteiger partial charge in [0.2, 0.25) is 0 Å². The van der Waals surface area contributed by atoms with Crippen molar-refractivity contribution in [3.05, 3.63) is 12.7 Å². The van der Waals surface area contributed by atoms with Crippen LogP contribution in [0.4, 0.5) is 0 Å². The molecule has 1 fully saturated rings. The summed E-state index contributed by atoms with van der Waals surface area (Å²) in [4.78, 5) is 0. The summed E-state index contributed by atoms with van der Waals surface area (Å²) in [5.74, 6) is 0.495. The molecule has 0 bridgehead atoms. The van der Waals surface area contributed by atoms with Gasteiger partial charge < -0.3 is 5.32 Å². The molecule has 0 radical (unpaired) electrons. The van der Waals surface area contributed by atoms with Crippen LogP contribution < -0.4 is 5.32 Å². The first-order valence-electron chi connectivity index (χ1n) is 5.98. The first kappa shape index (κ1) is 13.7. The van der Waals surface area contributed by atoms with E-state index in [0.717, 1.165) is 6.54 Å². The Balaban J connectivity index is 2.41. The number of nitrogens with one attached hydrogen (secondary N) is 1. The second-order valence-corrected chi connectivity index (χ2v) is 7.47. The van der Waals surface area contributed by atoms with Crippen LogP contribution in [-0.4, -0.2) is 32.5 Å². The Morgan fingerprint density at radius 1 is 1.50 bits per heavy atom. The quantitative estimate of drug-likeness (QED) is 0.663. The maximum atomic E-state index is 11.5. The van der Waals surface area contributed by atoms with Crippen LogP contribution in [0.1, 0.15) is 33.1 Å². The third-order valence-corrected chi connectivity index (χ3v) is 4.99. The van der Waals surface area contributed by atoms with Crippen LogP contribution in [0.15, 0.2) is 12.7 Å². The normalized spacial score (nSPS) is 20.4. The fourth-order valence-electron chi connectivity index (χ4n) is 1.46. The minimum atomic E-state index is -2.86. The van der Waals surface area contributed by atoms with Gasteiger partial charge in [-0.15, -0.1) is 6.58 Å². The van der Waals surface area contributed by atoms with Crippen LogP contribution >= 0.6 is 0 Å². The number of sulfone groups is 1. The van der Waals surface area contributed by atoms with Crippen LogP contribution in [0, 0.1) is 5.41 Å². The molecule has 0 heterocycles. The molecule has 1 N–H and O–H groups in total. The Morgan fingerprint density at radius 3 is 2.56 bits per heavy atom. The second kappa shape index (κ2) is 5.32. The van der Waals surface area contributed by atoms with E-state index in [1.54, 1.807) is 6.92 Å². The molecular formula is C12H23NO2S. The van der Waals surface area contributed by atoms with E-state index in [2.05, 4.69) is 18.8 Å². The molecule has 0 aromatic rings. The van der Waals surface area contributed by atoms with Crippen molar-refractivity contribution in [2.75, 3.05) is 18.1 Å². The van der Waals surface area contributed by atoms with Crippen LogP contribution in [0.2, 0.25) is 0 Å². The van der Waals surface area contributed by atoms with E-state index in [4.69, 9.17) is 0 Å². The maximum absolute atomic E-state index is 11.5. The van der Waals surface area contributed by atoms with Gasteiger partial charge in [-0.2, -0.15) is 0 Å². The van der Waals surface area contributed by atoms with Gasteiger partial charge in [-0.3, -0.25) is 0 Å². The van der Waals surface area contributed by atoms with Gasteiger partial charge in [-0.1, -0.05) is 19.9 Å². The Kier molecular flexibility index (Phi) is 4.56. The highest BCUT2D eigenvalue weighted by molar-refractivity contribution is 7.91. The molecule has 0 aromatic carbocycles. The van der Waals surface area contributed by atoms with Gasteiger partial charge in [-0.25, -0.2) is 8.42 Å². The van der Waals surface area contributed by atoms with Crippen molar-refractivity contribution >= 4 is 9.84 Å². The summed E-state index contributed by atoms with van der Waals surface area (Å²) in [6, 6.07) is 0.655.